The molecule has 0 aromatic carbocycles. The summed E-state index contributed by atoms with van der Waals surface area (Å²) in [5, 5.41) is 8.12. The topological polar surface area (TPSA) is 29.9 Å². The molecule has 3 atom stereocenters. The second-order valence-corrected chi connectivity index (χ2v) is 8.35. The highest BCUT2D eigenvalue weighted by Crippen LogP contribution is 2.43. The summed E-state index contributed by atoms with van der Waals surface area (Å²) in [5.74, 6) is 1.57. The van der Waals surface area contributed by atoms with Crippen LogP contribution in [0.4, 0.5) is 0 Å². The smallest absolute Gasteiger partial charge is 0.0738 e. The average molecular weight is 356 g/mol. The van der Waals surface area contributed by atoms with Crippen LogP contribution in [0.15, 0.2) is 4.47 Å². The van der Waals surface area contributed by atoms with Gasteiger partial charge in [0.25, 0.3) is 0 Å². The van der Waals surface area contributed by atoms with E-state index in [9.17, 15) is 0 Å². The maximum Gasteiger partial charge on any atom is 0.0738 e. The van der Waals surface area contributed by atoms with E-state index in [1.165, 1.54) is 29.4 Å². The number of hydrogen-bond acceptors (Lipinski definition) is 2. The molecule has 0 saturated heterocycles. The van der Waals surface area contributed by atoms with Crippen LogP contribution in [0, 0.1) is 24.2 Å². The summed E-state index contributed by atoms with van der Waals surface area (Å²) < 4.78 is 3.23. The van der Waals surface area contributed by atoms with Crippen LogP contribution in [0.2, 0.25) is 0 Å². The molecule has 0 radical (unpaired) electrons. The Morgan fingerprint density at radius 2 is 2.05 bits per heavy atom. The highest BCUT2D eigenvalue weighted by molar-refractivity contribution is 9.10. The molecule has 3 unspecified atom stereocenters. The van der Waals surface area contributed by atoms with Crippen molar-refractivity contribution >= 4 is 15.9 Å². The number of aryl methyl sites for hydroxylation is 2. The monoisotopic (exact) mass is 355 g/mol. The number of nitrogens with zero attached hydrogens (tertiary/aromatic N) is 2. The molecule has 1 saturated carbocycles. The summed E-state index contributed by atoms with van der Waals surface area (Å²) in [6.07, 6.45) is 5.06. The van der Waals surface area contributed by atoms with E-state index in [0.717, 1.165) is 24.0 Å². The molecule has 0 aliphatic heterocycles. The molecular formula is C17H30BrN3. The second-order valence-electron chi connectivity index (χ2n) is 7.55. The van der Waals surface area contributed by atoms with E-state index in [1.54, 1.807) is 0 Å². The van der Waals surface area contributed by atoms with Crippen LogP contribution in [0.25, 0.3) is 0 Å². The third-order valence-electron chi connectivity index (χ3n) is 5.37. The van der Waals surface area contributed by atoms with Crippen LogP contribution in [0.1, 0.15) is 51.4 Å². The fraction of sp³-hybridized carbons (Fsp3) is 0.824. The van der Waals surface area contributed by atoms with Crippen LogP contribution >= 0.6 is 15.9 Å². The van der Waals surface area contributed by atoms with Gasteiger partial charge >= 0.3 is 0 Å². The van der Waals surface area contributed by atoms with Crippen molar-refractivity contribution in [1.82, 2.24) is 15.1 Å². The molecule has 1 heterocycles. The summed E-state index contributed by atoms with van der Waals surface area (Å²) in [6, 6.07) is 0.636. The van der Waals surface area contributed by atoms with Gasteiger partial charge in [0.15, 0.2) is 0 Å². The first kappa shape index (κ1) is 17.0. The van der Waals surface area contributed by atoms with Crippen molar-refractivity contribution in [2.75, 3.05) is 7.05 Å². The normalized spacial score (nSPS) is 27.1. The number of nitrogens with one attached hydrogen (secondary N) is 1. The van der Waals surface area contributed by atoms with Crippen molar-refractivity contribution in [1.29, 1.82) is 0 Å². The molecule has 1 aliphatic rings. The van der Waals surface area contributed by atoms with Crippen LogP contribution < -0.4 is 5.32 Å². The van der Waals surface area contributed by atoms with E-state index >= 15 is 0 Å². The molecule has 1 aromatic rings. The minimum Gasteiger partial charge on any atom is -0.317 e. The lowest BCUT2D eigenvalue weighted by Gasteiger charge is -2.44. The van der Waals surface area contributed by atoms with Gasteiger partial charge in [0, 0.05) is 13.1 Å². The molecule has 0 spiro atoms. The third-order valence-corrected chi connectivity index (χ3v) is 6.40. The molecule has 1 fully saturated rings. The highest BCUT2D eigenvalue weighted by Gasteiger charge is 2.39. The SMILES string of the molecule is CNC1CC(C)CCC1C(C)(C)Cc1c(Br)c(C)nn1C. The molecule has 21 heavy (non-hydrogen) atoms. The van der Waals surface area contributed by atoms with Gasteiger partial charge in [0.1, 0.15) is 0 Å². The Morgan fingerprint density at radius 1 is 1.38 bits per heavy atom. The molecule has 2 rings (SSSR count). The van der Waals surface area contributed by atoms with Crippen molar-refractivity contribution in [3.05, 3.63) is 15.9 Å². The predicted molar refractivity (Wildman–Crippen MR) is 92.5 cm³/mol. The number of halogens is 1. The fourth-order valence-electron chi connectivity index (χ4n) is 4.07. The van der Waals surface area contributed by atoms with E-state index in [4.69, 9.17) is 0 Å². The molecule has 3 nitrogen and oxygen atoms in total. The van der Waals surface area contributed by atoms with Crippen molar-refractivity contribution in [2.45, 2.75) is 59.4 Å². The first-order chi connectivity index (χ1) is 9.76. The molecule has 4 heteroatoms. The zero-order valence-electron chi connectivity index (χ0n) is 14.3. The summed E-state index contributed by atoms with van der Waals surface area (Å²) in [7, 11) is 4.18. The van der Waals surface area contributed by atoms with Crippen LogP contribution in [-0.2, 0) is 13.5 Å². The van der Waals surface area contributed by atoms with Crippen molar-refractivity contribution < 1.29 is 0 Å². The Bertz CT molecular complexity index is 492. The Kier molecular flexibility index (Phi) is 5.19. The van der Waals surface area contributed by atoms with Crippen molar-refractivity contribution in [2.24, 2.45) is 24.3 Å². The maximum atomic E-state index is 4.55. The quantitative estimate of drug-likeness (QED) is 0.881. The van der Waals surface area contributed by atoms with Gasteiger partial charge in [-0.05, 0) is 66.4 Å². The zero-order chi connectivity index (χ0) is 15.8. The average Bonchev–Trinajstić information content (AvgIpc) is 2.64. The Morgan fingerprint density at radius 3 is 2.57 bits per heavy atom. The molecule has 1 aromatic heterocycles. The molecule has 1 N–H and O–H groups in total. The first-order valence-electron chi connectivity index (χ1n) is 8.11. The molecule has 1 aliphatic carbocycles. The van der Waals surface area contributed by atoms with Gasteiger partial charge in [-0.25, -0.2) is 0 Å². The van der Waals surface area contributed by atoms with E-state index in [-0.39, 0.29) is 5.41 Å². The van der Waals surface area contributed by atoms with Gasteiger partial charge in [-0.3, -0.25) is 4.68 Å². The van der Waals surface area contributed by atoms with Gasteiger partial charge in [0.2, 0.25) is 0 Å². The maximum absolute atomic E-state index is 4.55. The fourth-order valence-corrected chi connectivity index (χ4v) is 4.55. The molecular weight excluding hydrogens is 326 g/mol. The van der Waals surface area contributed by atoms with Gasteiger partial charge in [-0.1, -0.05) is 27.2 Å². The Labute approximate surface area is 138 Å². The Balaban J connectivity index is 2.20. The number of rotatable bonds is 4. The summed E-state index contributed by atoms with van der Waals surface area (Å²) in [5.41, 5.74) is 2.69. The molecule has 0 bridgehead atoms. The second kappa shape index (κ2) is 6.41. The lowest BCUT2D eigenvalue weighted by Crippen LogP contribution is -2.46. The van der Waals surface area contributed by atoms with E-state index in [0.29, 0.717) is 6.04 Å². The number of aromatic nitrogens is 2. The van der Waals surface area contributed by atoms with Gasteiger partial charge < -0.3 is 5.32 Å². The van der Waals surface area contributed by atoms with Crippen molar-refractivity contribution in [3.63, 3.8) is 0 Å². The van der Waals surface area contributed by atoms with Crippen LogP contribution in [0.5, 0.6) is 0 Å². The Hall–Kier alpha value is -0.350. The minimum absolute atomic E-state index is 0.274. The molecule has 0 amide bonds. The van der Waals surface area contributed by atoms with E-state index in [1.807, 2.05) is 4.68 Å². The van der Waals surface area contributed by atoms with Gasteiger partial charge in [-0.2, -0.15) is 5.10 Å². The summed E-state index contributed by atoms with van der Waals surface area (Å²) >= 11 is 3.72. The van der Waals surface area contributed by atoms with Crippen LogP contribution in [-0.4, -0.2) is 22.9 Å². The van der Waals surface area contributed by atoms with Gasteiger partial charge in [-0.15, -0.1) is 0 Å². The zero-order valence-corrected chi connectivity index (χ0v) is 15.9. The lowest BCUT2D eigenvalue weighted by molar-refractivity contribution is 0.0963. The molecule has 120 valence electrons. The van der Waals surface area contributed by atoms with E-state index < -0.39 is 0 Å². The van der Waals surface area contributed by atoms with Gasteiger partial charge in [0.05, 0.1) is 15.9 Å². The minimum atomic E-state index is 0.274. The summed E-state index contributed by atoms with van der Waals surface area (Å²) in [6.45, 7) is 9.30. The van der Waals surface area contributed by atoms with Crippen LogP contribution in [0.3, 0.4) is 0 Å². The summed E-state index contributed by atoms with van der Waals surface area (Å²) in [4.78, 5) is 0. The predicted octanol–water partition coefficient (Wildman–Crippen LogP) is 4.08. The largest absolute Gasteiger partial charge is 0.317 e. The van der Waals surface area contributed by atoms with E-state index in [2.05, 4.69) is 68.1 Å². The standard InChI is InChI=1S/C17H30BrN3/c1-11-7-8-13(14(9-11)19-5)17(3,4)10-15-16(18)12(2)20-21(15)6/h11,13-14,19H,7-10H2,1-6H3. The lowest BCUT2D eigenvalue weighted by atomic mass is 9.64. The van der Waals surface area contributed by atoms with Crippen molar-refractivity contribution in [3.8, 4) is 0 Å². The number of hydrogen-bond donors (Lipinski definition) is 1. The first-order valence-corrected chi connectivity index (χ1v) is 8.90. The highest BCUT2D eigenvalue weighted by atomic mass is 79.9. The third kappa shape index (κ3) is 3.53.